The molecule has 3 nitrogen and oxygen atoms in total. The maximum absolute atomic E-state index is 11.6. The summed E-state index contributed by atoms with van der Waals surface area (Å²) in [5.74, 6) is 0. The van der Waals surface area contributed by atoms with Crippen LogP contribution in [0.15, 0.2) is 4.99 Å². The summed E-state index contributed by atoms with van der Waals surface area (Å²) >= 11 is 0. The number of urea groups is 1. The van der Waals surface area contributed by atoms with Crippen LogP contribution in [-0.4, -0.2) is 30.2 Å². The molecule has 0 aromatic heterocycles. The van der Waals surface area contributed by atoms with Gasteiger partial charge in [-0.25, -0.2) is 9.79 Å². The molecule has 0 aliphatic carbocycles. The second-order valence-electron chi connectivity index (χ2n) is 3.70. The third-order valence-electron chi connectivity index (χ3n) is 2.22. The van der Waals surface area contributed by atoms with E-state index in [1.165, 1.54) is 0 Å². The largest absolute Gasteiger partial charge is 0.343 e. The quantitative estimate of drug-likeness (QED) is 0.594. The second kappa shape index (κ2) is 9.69. The fourth-order valence-electron chi connectivity index (χ4n) is 1.25. The monoisotopic (exact) mass is 212 g/mol. The van der Waals surface area contributed by atoms with Crippen molar-refractivity contribution in [3.05, 3.63) is 0 Å². The van der Waals surface area contributed by atoms with Gasteiger partial charge in [0.1, 0.15) is 0 Å². The van der Waals surface area contributed by atoms with Crippen molar-refractivity contribution in [1.82, 2.24) is 4.90 Å². The van der Waals surface area contributed by atoms with E-state index < -0.39 is 0 Å². The van der Waals surface area contributed by atoms with Crippen molar-refractivity contribution >= 4 is 12.2 Å². The van der Waals surface area contributed by atoms with E-state index in [9.17, 15) is 4.79 Å². The molecule has 0 rings (SSSR count). The molecule has 0 aliphatic heterocycles. The van der Waals surface area contributed by atoms with E-state index >= 15 is 0 Å². The SMILES string of the molecule is CCC=NC(=O)N(CCCC)CCCC. The summed E-state index contributed by atoms with van der Waals surface area (Å²) in [6.07, 6.45) is 6.88. The fourth-order valence-corrected chi connectivity index (χ4v) is 1.25. The average molecular weight is 212 g/mol. The number of carbonyl (C=O) groups excluding carboxylic acids is 1. The van der Waals surface area contributed by atoms with Gasteiger partial charge in [0, 0.05) is 19.3 Å². The summed E-state index contributed by atoms with van der Waals surface area (Å²) in [5.41, 5.74) is 0. The number of carbonyl (C=O) groups is 1. The Morgan fingerprint density at radius 1 is 1.13 bits per heavy atom. The Balaban J connectivity index is 4.07. The highest BCUT2D eigenvalue weighted by atomic mass is 16.2. The first-order valence-electron chi connectivity index (χ1n) is 6.07. The molecule has 0 unspecified atom stereocenters. The molecule has 0 heterocycles. The van der Waals surface area contributed by atoms with E-state index in [0.717, 1.165) is 45.2 Å². The van der Waals surface area contributed by atoms with Crippen LogP contribution in [0.3, 0.4) is 0 Å². The molecule has 0 aromatic rings. The van der Waals surface area contributed by atoms with Crippen molar-refractivity contribution in [3.63, 3.8) is 0 Å². The zero-order valence-corrected chi connectivity index (χ0v) is 10.3. The number of rotatable bonds is 7. The Hall–Kier alpha value is -0.860. The number of unbranched alkanes of at least 4 members (excludes halogenated alkanes) is 2. The van der Waals surface area contributed by atoms with E-state index in [1.54, 1.807) is 6.21 Å². The van der Waals surface area contributed by atoms with Crippen LogP contribution < -0.4 is 0 Å². The lowest BCUT2D eigenvalue weighted by molar-refractivity contribution is 0.206. The van der Waals surface area contributed by atoms with Crippen LogP contribution in [0.5, 0.6) is 0 Å². The van der Waals surface area contributed by atoms with Gasteiger partial charge in [0.05, 0.1) is 0 Å². The molecule has 0 saturated carbocycles. The predicted molar refractivity (Wildman–Crippen MR) is 65.6 cm³/mol. The highest BCUT2D eigenvalue weighted by Gasteiger charge is 2.09. The van der Waals surface area contributed by atoms with Crippen molar-refractivity contribution in [2.45, 2.75) is 52.9 Å². The number of aliphatic imine (C=N–C) groups is 1. The van der Waals surface area contributed by atoms with E-state index in [4.69, 9.17) is 0 Å². The van der Waals surface area contributed by atoms with Gasteiger partial charge in [0.25, 0.3) is 0 Å². The molecule has 0 aliphatic rings. The van der Waals surface area contributed by atoms with Crippen LogP contribution in [0, 0.1) is 0 Å². The Morgan fingerprint density at radius 3 is 2.07 bits per heavy atom. The fraction of sp³-hybridized carbons (Fsp3) is 0.833. The van der Waals surface area contributed by atoms with Gasteiger partial charge in [-0.1, -0.05) is 33.6 Å². The molecule has 0 bridgehead atoms. The highest BCUT2D eigenvalue weighted by molar-refractivity contribution is 5.83. The minimum Gasteiger partial charge on any atom is -0.323 e. The summed E-state index contributed by atoms with van der Waals surface area (Å²) in [5, 5.41) is 0. The summed E-state index contributed by atoms with van der Waals surface area (Å²) in [6, 6.07) is -0.0706. The van der Waals surface area contributed by atoms with Gasteiger partial charge in [0.2, 0.25) is 0 Å². The van der Waals surface area contributed by atoms with Crippen LogP contribution >= 0.6 is 0 Å². The maximum Gasteiger partial charge on any atom is 0.343 e. The molecule has 0 radical (unpaired) electrons. The third kappa shape index (κ3) is 7.11. The van der Waals surface area contributed by atoms with Gasteiger partial charge in [0.15, 0.2) is 0 Å². The molecular weight excluding hydrogens is 188 g/mol. The first kappa shape index (κ1) is 14.1. The Labute approximate surface area is 93.6 Å². The van der Waals surface area contributed by atoms with Gasteiger partial charge in [-0.05, 0) is 19.3 Å². The van der Waals surface area contributed by atoms with E-state index in [1.807, 2.05) is 11.8 Å². The lowest BCUT2D eigenvalue weighted by Gasteiger charge is -2.19. The van der Waals surface area contributed by atoms with E-state index in [2.05, 4.69) is 18.8 Å². The van der Waals surface area contributed by atoms with Crippen molar-refractivity contribution in [1.29, 1.82) is 0 Å². The van der Waals surface area contributed by atoms with Gasteiger partial charge in [-0.2, -0.15) is 0 Å². The molecule has 0 spiro atoms. The van der Waals surface area contributed by atoms with Crippen LogP contribution in [0.25, 0.3) is 0 Å². The average Bonchev–Trinajstić information content (AvgIpc) is 2.26. The normalized spacial score (nSPS) is 10.9. The van der Waals surface area contributed by atoms with Gasteiger partial charge < -0.3 is 4.90 Å². The number of hydrogen-bond donors (Lipinski definition) is 0. The van der Waals surface area contributed by atoms with Gasteiger partial charge in [-0.3, -0.25) is 0 Å². The van der Waals surface area contributed by atoms with Crippen LogP contribution in [0.2, 0.25) is 0 Å². The first-order valence-corrected chi connectivity index (χ1v) is 6.07. The molecule has 0 N–H and O–H groups in total. The first-order chi connectivity index (χ1) is 7.26. The second-order valence-corrected chi connectivity index (χ2v) is 3.70. The topological polar surface area (TPSA) is 32.7 Å². The highest BCUT2D eigenvalue weighted by Crippen LogP contribution is 2.01. The van der Waals surface area contributed by atoms with Crippen molar-refractivity contribution in [3.8, 4) is 0 Å². The smallest absolute Gasteiger partial charge is 0.323 e. The molecule has 3 heteroatoms. The zero-order chi connectivity index (χ0) is 11.5. The maximum atomic E-state index is 11.6. The van der Waals surface area contributed by atoms with Crippen LogP contribution in [0.1, 0.15) is 52.9 Å². The standard InChI is InChI=1S/C12H24N2O/c1-4-7-10-14(11-8-5-2)12(15)13-9-6-3/h9H,4-8,10-11H2,1-3H3. The number of nitrogens with zero attached hydrogens (tertiary/aromatic N) is 2. The Kier molecular flexibility index (Phi) is 9.13. The van der Waals surface area contributed by atoms with Gasteiger partial charge in [-0.15, -0.1) is 0 Å². The van der Waals surface area contributed by atoms with Crippen molar-refractivity contribution in [2.75, 3.05) is 13.1 Å². The minimum absolute atomic E-state index is 0.0706. The summed E-state index contributed by atoms with van der Waals surface area (Å²) in [4.78, 5) is 17.4. The molecule has 15 heavy (non-hydrogen) atoms. The molecule has 0 saturated heterocycles. The summed E-state index contributed by atoms with van der Waals surface area (Å²) < 4.78 is 0. The molecule has 0 aromatic carbocycles. The van der Waals surface area contributed by atoms with Crippen LogP contribution in [-0.2, 0) is 0 Å². The zero-order valence-electron chi connectivity index (χ0n) is 10.3. The van der Waals surface area contributed by atoms with Crippen molar-refractivity contribution < 1.29 is 4.79 Å². The van der Waals surface area contributed by atoms with E-state index in [-0.39, 0.29) is 6.03 Å². The lowest BCUT2D eigenvalue weighted by Crippen LogP contribution is -2.30. The minimum atomic E-state index is -0.0706. The Bertz CT molecular complexity index is 182. The lowest BCUT2D eigenvalue weighted by atomic mass is 10.3. The van der Waals surface area contributed by atoms with Gasteiger partial charge >= 0.3 is 6.03 Å². The summed E-state index contributed by atoms with van der Waals surface area (Å²) in [6.45, 7) is 7.95. The molecule has 0 atom stereocenters. The summed E-state index contributed by atoms with van der Waals surface area (Å²) in [7, 11) is 0. The molecule has 0 fully saturated rings. The van der Waals surface area contributed by atoms with Crippen molar-refractivity contribution in [2.24, 2.45) is 4.99 Å². The number of amides is 2. The third-order valence-corrected chi connectivity index (χ3v) is 2.22. The van der Waals surface area contributed by atoms with Crippen LogP contribution in [0.4, 0.5) is 4.79 Å². The molecular formula is C12H24N2O. The van der Waals surface area contributed by atoms with E-state index in [0.29, 0.717) is 0 Å². The molecule has 2 amide bonds. The Morgan fingerprint density at radius 2 is 1.67 bits per heavy atom. The number of hydrogen-bond acceptors (Lipinski definition) is 1. The molecule has 88 valence electrons. The predicted octanol–water partition coefficient (Wildman–Crippen LogP) is 3.49.